The van der Waals surface area contributed by atoms with E-state index >= 15 is 0 Å². The van der Waals surface area contributed by atoms with Gasteiger partial charge in [0.1, 0.15) is 5.75 Å². The van der Waals surface area contributed by atoms with Crippen LogP contribution in [0.5, 0.6) is 5.75 Å². The number of benzene rings is 1. The second-order valence-corrected chi connectivity index (χ2v) is 5.60. The van der Waals surface area contributed by atoms with Crippen LogP contribution in [0.15, 0.2) is 22.7 Å². The van der Waals surface area contributed by atoms with Crippen molar-refractivity contribution in [1.82, 2.24) is 4.90 Å². The van der Waals surface area contributed by atoms with Crippen molar-refractivity contribution in [2.45, 2.75) is 18.9 Å². The van der Waals surface area contributed by atoms with E-state index in [4.69, 9.17) is 11.2 Å². The van der Waals surface area contributed by atoms with Gasteiger partial charge in [-0.25, -0.2) is 0 Å². The lowest BCUT2D eigenvalue weighted by Gasteiger charge is -2.31. The first kappa shape index (κ1) is 14.2. The first-order valence-corrected chi connectivity index (χ1v) is 7.28. The molecule has 1 N–H and O–H groups in total. The molecule has 0 aliphatic carbocycles. The van der Waals surface area contributed by atoms with Gasteiger partial charge in [0.05, 0.1) is 18.1 Å². The Morgan fingerprint density at radius 2 is 2.21 bits per heavy atom. The summed E-state index contributed by atoms with van der Waals surface area (Å²) in [5.41, 5.74) is 1.13. The van der Waals surface area contributed by atoms with Crippen molar-refractivity contribution >= 4 is 21.6 Å². The van der Waals surface area contributed by atoms with Gasteiger partial charge >= 0.3 is 0 Å². The summed E-state index contributed by atoms with van der Waals surface area (Å²) >= 11 is 3.51. The summed E-state index contributed by atoms with van der Waals surface area (Å²) in [7, 11) is 1.67. The molecular weight excluding hydrogens is 304 g/mol. The third kappa shape index (κ3) is 3.89. The molecular formula is C15H19BrN2O. The molecule has 0 amide bonds. The zero-order chi connectivity index (χ0) is 13.7. The quantitative estimate of drug-likeness (QED) is 0.862. The Labute approximate surface area is 123 Å². The van der Waals surface area contributed by atoms with E-state index in [-0.39, 0.29) is 0 Å². The van der Waals surface area contributed by atoms with Crippen molar-refractivity contribution in [1.29, 1.82) is 0 Å². The van der Waals surface area contributed by atoms with Crippen LogP contribution in [-0.2, 0) is 0 Å². The molecule has 0 aromatic heterocycles. The number of likely N-dealkylation sites (tertiary alicyclic amines) is 1. The van der Waals surface area contributed by atoms with E-state index in [1.807, 2.05) is 6.07 Å². The number of hydrogen-bond acceptors (Lipinski definition) is 3. The first-order chi connectivity index (χ1) is 9.22. The Morgan fingerprint density at radius 1 is 1.47 bits per heavy atom. The Kier molecular flexibility index (Phi) is 5.12. The van der Waals surface area contributed by atoms with E-state index in [9.17, 15) is 0 Å². The average Bonchev–Trinajstić information content (AvgIpc) is 2.42. The molecule has 1 heterocycles. The number of piperidine rings is 1. The maximum Gasteiger partial charge on any atom is 0.133 e. The van der Waals surface area contributed by atoms with E-state index in [1.54, 1.807) is 7.11 Å². The molecule has 0 atom stereocenters. The molecule has 1 saturated heterocycles. The zero-order valence-corrected chi connectivity index (χ0v) is 12.7. The van der Waals surface area contributed by atoms with E-state index in [1.165, 1.54) is 0 Å². The number of anilines is 1. The maximum atomic E-state index is 5.34. The largest absolute Gasteiger partial charge is 0.496 e. The van der Waals surface area contributed by atoms with Gasteiger partial charge in [0.15, 0.2) is 0 Å². The second kappa shape index (κ2) is 6.83. The number of halogens is 1. The standard InChI is InChI=1S/C15H19BrN2O/c1-3-8-18-9-6-12(7-10-18)17-13-4-5-15(19-2)14(16)11-13/h1,4-5,11-12,17H,6-10H2,2H3. The van der Waals surface area contributed by atoms with Crippen LogP contribution >= 0.6 is 15.9 Å². The molecule has 102 valence electrons. The van der Waals surface area contributed by atoms with Crippen LogP contribution in [-0.4, -0.2) is 37.7 Å². The lowest BCUT2D eigenvalue weighted by molar-refractivity contribution is 0.243. The third-order valence-electron chi connectivity index (χ3n) is 3.43. The Bertz CT molecular complexity index is 462. The lowest BCUT2D eigenvalue weighted by atomic mass is 10.0. The summed E-state index contributed by atoms with van der Waals surface area (Å²) in [6.45, 7) is 2.90. The summed E-state index contributed by atoms with van der Waals surface area (Å²) < 4.78 is 6.21. The average molecular weight is 323 g/mol. The van der Waals surface area contributed by atoms with Gasteiger partial charge in [0.25, 0.3) is 0 Å². The molecule has 0 saturated carbocycles. The van der Waals surface area contributed by atoms with Crippen LogP contribution in [0, 0.1) is 12.3 Å². The van der Waals surface area contributed by atoms with Crippen molar-refractivity contribution in [3.8, 4) is 18.1 Å². The highest BCUT2D eigenvalue weighted by atomic mass is 79.9. The fourth-order valence-corrected chi connectivity index (χ4v) is 2.90. The van der Waals surface area contributed by atoms with Gasteiger partial charge in [-0.1, -0.05) is 5.92 Å². The van der Waals surface area contributed by atoms with Gasteiger partial charge in [-0.15, -0.1) is 6.42 Å². The number of methoxy groups -OCH3 is 1. The molecule has 1 aromatic rings. The molecule has 1 aliphatic heterocycles. The van der Waals surface area contributed by atoms with Gasteiger partial charge < -0.3 is 10.1 Å². The van der Waals surface area contributed by atoms with Crippen LogP contribution in [0.3, 0.4) is 0 Å². The second-order valence-electron chi connectivity index (χ2n) is 4.75. The van der Waals surface area contributed by atoms with Crippen LogP contribution in [0.25, 0.3) is 0 Å². The van der Waals surface area contributed by atoms with E-state index in [0.717, 1.165) is 48.4 Å². The first-order valence-electron chi connectivity index (χ1n) is 6.49. The number of nitrogens with zero attached hydrogens (tertiary/aromatic N) is 1. The van der Waals surface area contributed by atoms with Crippen LogP contribution in [0.2, 0.25) is 0 Å². The van der Waals surface area contributed by atoms with Crippen molar-refractivity contribution < 1.29 is 4.74 Å². The topological polar surface area (TPSA) is 24.5 Å². The molecule has 0 spiro atoms. The van der Waals surface area contributed by atoms with Crippen molar-refractivity contribution in [2.24, 2.45) is 0 Å². The van der Waals surface area contributed by atoms with Gasteiger partial charge in [-0.05, 0) is 47.0 Å². The third-order valence-corrected chi connectivity index (χ3v) is 4.04. The molecule has 0 unspecified atom stereocenters. The van der Waals surface area contributed by atoms with Crippen LogP contribution in [0.4, 0.5) is 5.69 Å². The highest BCUT2D eigenvalue weighted by Gasteiger charge is 2.18. The number of nitrogens with one attached hydrogen (secondary N) is 1. The Morgan fingerprint density at radius 3 is 2.79 bits per heavy atom. The van der Waals surface area contributed by atoms with Crippen molar-refractivity contribution in [2.75, 3.05) is 32.1 Å². The van der Waals surface area contributed by atoms with Gasteiger partial charge in [-0.3, -0.25) is 4.90 Å². The monoisotopic (exact) mass is 322 g/mol. The number of terminal acetylenes is 1. The summed E-state index contributed by atoms with van der Waals surface area (Å²) in [5, 5.41) is 3.57. The maximum absolute atomic E-state index is 5.34. The molecule has 0 radical (unpaired) electrons. The Balaban J connectivity index is 1.89. The summed E-state index contributed by atoms with van der Waals surface area (Å²) in [5.74, 6) is 3.56. The van der Waals surface area contributed by atoms with Crippen LogP contribution in [0.1, 0.15) is 12.8 Å². The fourth-order valence-electron chi connectivity index (χ4n) is 2.36. The smallest absolute Gasteiger partial charge is 0.133 e. The fraction of sp³-hybridized carbons (Fsp3) is 0.467. The zero-order valence-electron chi connectivity index (χ0n) is 11.2. The predicted molar refractivity (Wildman–Crippen MR) is 82.6 cm³/mol. The van der Waals surface area contributed by atoms with Gasteiger partial charge in [0, 0.05) is 24.8 Å². The van der Waals surface area contributed by atoms with Gasteiger partial charge in [-0.2, -0.15) is 0 Å². The molecule has 0 bridgehead atoms. The summed E-state index contributed by atoms with van der Waals surface area (Å²) in [6.07, 6.45) is 7.60. The minimum absolute atomic E-state index is 0.523. The summed E-state index contributed by atoms with van der Waals surface area (Å²) in [6, 6.07) is 6.61. The molecule has 1 aliphatic rings. The Hall–Kier alpha value is -1.18. The summed E-state index contributed by atoms with van der Waals surface area (Å²) in [4.78, 5) is 2.32. The predicted octanol–water partition coefficient (Wildman–Crippen LogP) is 2.97. The van der Waals surface area contributed by atoms with Crippen LogP contribution < -0.4 is 10.1 Å². The van der Waals surface area contributed by atoms with E-state index in [0.29, 0.717) is 6.04 Å². The number of rotatable bonds is 4. The number of ether oxygens (including phenoxy) is 1. The normalized spacial score (nSPS) is 16.9. The molecule has 3 nitrogen and oxygen atoms in total. The minimum atomic E-state index is 0.523. The SMILES string of the molecule is C#CCN1CCC(Nc2ccc(OC)c(Br)c2)CC1. The molecule has 1 fully saturated rings. The molecule has 1 aromatic carbocycles. The molecule has 4 heteroatoms. The van der Waals surface area contributed by atoms with Gasteiger partial charge in [0.2, 0.25) is 0 Å². The highest BCUT2D eigenvalue weighted by Crippen LogP contribution is 2.28. The molecule has 2 rings (SSSR count). The minimum Gasteiger partial charge on any atom is -0.496 e. The molecule has 19 heavy (non-hydrogen) atoms. The van der Waals surface area contributed by atoms with E-state index in [2.05, 4.69) is 44.2 Å². The van der Waals surface area contributed by atoms with Crippen molar-refractivity contribution in [3.05, 3.63) is 22.7 Å². The lowest BCUT2D eigenvalue weighted by Crippen LogP contribution is -2.39. The van der Waals surface area contributed by atoms with E-state index < -0.39 is 0 Å². The highest BCUT2D eigenvalue weighted by molar-refractivity contribution is 9.10. The number of hydrogen-bond donors (Lipinski definition) is 1. The van der Waals surface area contributed by atoms with Crippen molar-refractivity contribution in [3.63, 3.8) is 0 Å².